The van der Waals surface area contributed by atoms with Crippen LogP contribution in [-0.4, -0.2) is 5.17 Å². The Morgan fingerprint density at radius 2 is 1.79 bits per heavy atom. The summed E-state index contributed by atoms with van der Waals surface area (Å²) in [6.07, 6.45) is 0. The molecule has 0 radical (unpaired) electrons. The maximum atomic E-state index is 7.27. The Kier molecular flexibility index (Phi) is 5.93. The zero-order valence-corrected chi connectivity index (χ0v) is 12.4. The lowest BCUT2D eigenvalue weighted by molar-refractivity contribution is 1.31. The van der Waals surface area contributed by atoms with Crippen molar-refractivity contribution in [3.8, 4) is 11.1 Å². The van der Waals surface area contributed by atoms with Crippen molar-refractivity contribution in [1.29, 1.82) is 5.41 Å². The maximum absolute atomic E-state index is 7.27. The van der Waals surface area contributed by atoms with Gasteiger partial charge in [0.15, 0.2) is 5.17 Å². The average Bonchev–Trinajstić information content (AvgIpc) is 2.38. The van der Waals surface area contributed by atoms with E-state index in [2.05, 4.69) is 37.3 Å². The number of hydrogen-bond acceptors (Lipinski definition) is 2. The van der Waals surface area contributed by atoms with Crippen LogP contribution in [0.15, 0.2) is 48.5 Å². The van der Waals surface area contributed by atoms with Gasteiger partial charge >= 0.3 is 0 Å². The van der Waals surface area contributed by atoms with E-state index in [9.17, 15) is 0 Å². The molecular formula is C15H17ClN2S. The number of hydrogen-bond donors (Lipinski definition) is 2. The van der Waals surface area contributed by atoms with E-state index >= 15 is 0 Å². The molecule has 0 aromatic heterocycles. The Labute approximate surface area is 124 Å². The first-order valence-corrected chi connectivity index (χ1v) is 6.78. The molecule has 3 N–H and O–H groups in total. The third-order valence-corrected chi connectivity index (χ3v) is 3.68. The van der Waals surface area contributed by atoms with Crippen LogP contribution in [0, 0.1) is 12.3 Å². The van der Waals surface area contributed by atoms with Crippen LogP contribution in [0.3, 0.4) is 0 Å². The molecule has 0 unspecified atom stereocenters. The molecule has 2 nitrogen and oxygen atoms in total. The molecule has 0 fully saturated rings. The molecule has 0 saturated heterocycles. The number of thioether (sulfide) groups is 1. The van der Waals surface area contributed by atoms with Gasteiger partial charge in [-0.15, -0.1) is 12.4 Å². The second kappa shape index (κ2) is 7.22. The third kappa shape index (κ3) is 4.01. The van der Waals surface area contributed by atoms with E-state index in [0.29, 0.717) is 0 Å². The molecule has 0 aliphatic rings. The zero-order chi connectivity index (χ0) is 13.0. The minimum atomic E-state index is 0. The molecule has 19 heavy (non-hydrogen) atoms. The molecule has 0 bridgehead atoms. The number of nitrogens with one attached hydrogen (secondary N) is 1. The predicted octanol–water partition coefficient (Wildman–Crippen LogP) is 4.21. The Morgan fingerprint density at radius 3 is 2.42 bits per heavy atom. The quantitative estimate of drug-likeness (QED) is 0.657. The van der Waals surface area contributed by atoms with Gasteiger partial charge in [-0.05, 0) is 29.2 Å². The van der Waals surface area contributed by atoms with E-state index in [1.54, 1.807) is 0 Å². The van der Waals surface area contributed by atoms with Crippen molar-refractivity contribution in [2.24, 2.45) is 5.73 Å². The van der Waals surface area contributed by atoms with E-state index in [-0.39, 0.29) is 17.6 Å². The maximum Gasteiger partial charge on any atom is 0.151 e. The number of rotatable bonds is 3. The summed E-state index contributed by atoms with van der Waals surface area (Å²) in [7, 11) is 0. The van der Waals surface area contributed by atoms with Crippen LogP contribution in [0.4, 0.5) is 0 Å². The predicted molar refractivity (Wildman–Crippen MR) is 87.1 cm³/mol. The molecule has 0 spiro atoms. The molecule has 0 amide bonds. The first kappa shape index (κ1) is 15.6. The van der Waals surface area contributed by atoms with E-state index in [1.807, 2.05) is 18.2 Å². The summed E-state index contributed by atoms with van der Waals surface area (Å²) in [6.45, 7) is 2.12. The van der Waals surface area contributed by atoms with Gasteiger partial charge in [0, 0.05) is 5.75 Å². The van der Waals surface area contributed by atoms with Gasteiger partial charge < -0.3 is 5.73 Å². The summed E-state index contributed by atoms with van der Waals surface area (Å²) < 4.78 is 0. The second-order valence-electron chi connectivity index (χ2n) is 4.11. The fourth-order valence-electron chi connectivity index (χ4n) is 1.93. The largest absolute Gasteiger partial charge is 0.379 e. The Bertz CT molecular complexity index is 555. The van der Waals surface area contributed by atoms with Crippen molar-refractivity contribution in [3.63, 3.8) is 0 Å². The van der Waals surface area contributed by atoms with Crippen molar-refractivity contribution in [2.75, 3.05) is 0 Å². The van der Waals surface area contributed by atoms with Gasteiger partial charge in [0.25, 0.3) is 0 Å². The number of halogens is 1. The van der Waals surface area contributed by atoms with E-state index in [4.69, 9.17) is 11.1 Å². The highest BCUT2D eigenvalue weighted by molar-refractivity contribution is 8.13. The lowest BCUT2D eigenvalue weighted by Gasteiger charge is -2.11. The van der Waals surface area contributed by atoms with Crippen molar-refractivity contribution < 1.29 is 0 Å². The normalized spacial score (nSPS) is 9.74. The lowest BCUT2D eigenvalue weighted by Crippen LogP contribution is -2.04. The van der Waals surface area contributed by atoms with Crippen LogP contribution < -0.4 is 5.73 Å². The third-order valence-electron chi connectivity index (χ3n) is 2.91. The van der Waals surface area contributed by atoms with E-state index in [1.165, 1.54) is 34.0 Å². The van der Waals surface area contributed by atoms with Crippen LogP contribution in [0.25, 0.3) is 11.1 Å². The Hall–Kier alpha value is -1.45. The molecule has 0 aliphatic heterocycles. The van der Waals surface area contributed by atoms with Crippen LogP contribution in [0.1, 0.15) is 11.1 Å². The molecule has 4 heteroatoms. The number of nitrogens with two attached hydrogens (primary N) is 1. The first-order chi connectivity index (χ1) is 8.68. The van der Waals surface area contributed by atoms with Gasteiger partial charge in [-0.3, -0.25) is 5.41 Å². The Balaban J connectivity index is 0.00000180. The van der Waals surface area contributed by atoms with Crippen molar-refractivity contribution in [1.82, 2.24) is 0 Å². The molecule has 0 atom stereocenters. The highest BCUT2D eigenvalue weighted by atomic mass is 35.5. The van der Waals surface area contributed by atoms with Crippen molar-refractivity contribution in [2.45, 2.75) is 12.7 Å². The molecule has 100 valence electrons. The lowest BCUT2D eigenvalue weighted by atomic mass is 9.97. The zero-order valence-electron chi connectivity index (χ0n) is 10.7. The van der Waals surface area contributed by atoms with Gasteiger partial charge in [0.1, 0.15) is 0 Å². The van der Waals surface area contributed by atoms with Gasteiger partial charge in [-0.25, -0.2) is 0 Å². The highest BCUT2D eigenvalue weighted by Crippen LogP contribution is 2.27. The van der Waals surface area contributed by atoms with E-state index in [0.717, 1.165) is 5.75 Å². The van der Waals surface area contributed by atoms with Crippen molar-refractivity contribution >= 4 is 29.3 Å². The van der Waals surface area contributed by atoms with Gasteiger partial charge in [0.05, 0.1) is 0 Å². The van der Waals surface area contributed by atoms with Crippen LogP contribution >= 0.6 is 24.2 Å². The fourth-order valence-corrected chi connectivity index (χ4v) is 2.55. The molecule has 2 aromatic carbocycles. The molecule has 0 aliphatic carbocycles. The van der Waals surface area contributed by atoms with Gasteiger partial charge in [0.2, 0.25) is 0 Å². The summed E-state index contributed by atoms with van der Waals surface area (Å²) >= 11 is 1.36. The molecule has 2 aromatic rings. The number of amidine groups is 1. The molecule has 0 saturated carbocycles. The van der Waals surface area contributed by atoms with Gasteiger partial charge in [-0.1, -0.05) is 60.3 Å². The molecule has 0 heterocycles. The fraction of sp³-hybridized carbons (Fsp3) is 0.133. The molecule has 2 rings (SSSR count). The molecular weight excluding hydrogens is 276 g/mol. The van der Waals surface area contributed by atoms with Crippen molar-refractivity contribution in [3.05, 3.63) is 59.7 Å². The highest BCUT2D eigenvalue weighted by Gasteiger charge is 2.06. The summed E-state index contributed by atoms with van der Waals surface area (Å²) in [6, 6.07) is 16.6. The standard InChI is InChI=1S/C15H16N2S.ClH/c1-11-13(10-18-15(16)17)8-5-9-14(11)12-6-3-2-4-7-12;/h2-9H,10H2,1H3,(H3,16,17);1H. The van der Waals surface area contributed by atoms with E-state index < -0.39 is 0 Å². The Morgan fingerprint density at radius 1 is 1.11 bits per heavy atom. The van der Waals surface area contributed by atoms with Crippen LogP contribution in [0.5, 0.6) is 0 Å². The topological polar surface area (TPSA) is 49.9 Å². The minimum Gasteiger partial charge on any atom is -0.379 e. The van der Waals surface area contributed by atoms with Crippen LogP contribution in [-0.2, 0) is 5.75 Å². The summed E-state index contributed by atoms with van der Waals surface area (Å²) in [5, 5.41) is 7.44. The monoisotopic (exact) mass is 292 g/mol. The second-order valence-corrected chi connectivity index (χ2v) is 5.13. The van der Waals surface area contributed by atoms with Crippen LogP contribution in [0.2, 0.25) is 0 Å². The smallest absolute Gasteiger partial charge is 0.151 e. The summed E-state index contributed by atoms with van der Waals surface area (Å²) in [4.78, 5) is 0. The average molecular weight is 293 g/mol. The SMILES string of the molecule is Cc1c(CSC(=N)N)cccc1-c1ccccc1.Cl. The summed E-state index contributed by atoms with van der Waals surface area (Å²) in [5.41, 5.74) is 10.4. The first-order valence-electron chi connectivity index (χ1n) is 5.79. The van der Waals surface area contributed by atoms with Gasteiger partial charge in [-0.2, -0.15) is 0 Å². The summed E-state index contributed by atoms with van der Waals surface area (Å²) in [5.74, 6) is 0.752. The minimum absolute atomic E-state index is 0. The number of benzene rings is 2.